The van der Waals surface area contributed by atoms with Crippen LogP contribution in [0, 0.1) is 19.7 Å². The highest BCUT2D eigenvalue weighted by atomic mass is 19.1. The lowest BCUT2D eigenvalue weighted by atomic mass is 10.1. The third-order valence-corrected chi connectivity index (χ3v) is 6.01. The standard InChI is InChI=1S/C29H27FN2O6/c1-18-9-12-24(15-25(18)30)38-29(35)32(16-27(33)34)19(2)21-10-13-23(14-11-21)36-17-26-20(3)37-28(31-26)22-7-5-4-6-8-22/h4-15,19H,16-17H2,1-3H3,(H,33,34)/t19-/m0/s1. The number of aliphatic carboxylic acids is 1. The van der Waals surface area contributed by atoms with Gasteiger partial charge in [0.05, 0.1) is 6.04 Å². The van der Waals surface area contributed by atoms with Gasteiger partial charge in [-0.05, 0) is 62.2 Å². The number of aryl methyl sites for hydroxylation is 2. The molecule has 1 amide bonds. The number of halogens is 1. The lowest BCUT2D eigenvalue weighted by Gasteiger charge is -2.27. The molecule has 4 aromatic rings. The maximum atomic E-state index is 13.9. The van der Waals surface area contributed by atoms with Gasteiger partial charge in [0, 0.05) is 11.6 Å². The smallest absolute Gasteiger partial charge is 0.416 e. The quantitative estimate of drug-likeness (QED) is 0.276. The molecule has 0 bridgehead atoms. The lowest BCUT2D eigenvalue weighted by Crippen LogP contribution is -2.39. The molecule has 0 saturated carbocycles. The number of nitrogens with zero attached hydrogens (tertiary/aromatic N) is 2. The molecular formula is C29H27FN2O6. The van der Waals surface area contributed by atoms with E-state index in [0.29, 0.717) is 34.2 Å². The van der Waals surface area contributed by atoms with Crippen molar-refractivity contribution in [2.45, 2.75) is 33.4 Å². The highest BCUT2D eigenvalue weighted by Crippen LogP contribution is 2.26. The summed E-state index contributed by atoms with van der Waals surface area (Å²) in [7, 11) is 0. The first-order valence-corrected chi connectivity index (χ1v) is 11.9. The van der Waals surface area contributed by atoms with Crippen LogP contribution in [0.2, 0.25) is 0 Å². The monoisotopic (exact) mass is 518 g/mol. The van der Waals surface area contributed by atoms with Crippen molar-refractivity contribution >= 4 is 12.1 Å². The summed E-state index contributed by atoms with van der Waals surface area (Å²) in [5.41, 5.74) is 2.61. The Balaban J connectivity index is 1.42. The zero-order valence-electron chi connectivity index (χ0n) is 21.2. The number of hydrogen-bond donors (Lipinski definition) is 1. The molecule has 0 aliphatic rings. The fraction of sp³-hybridized carbons (Fsp3) is 0.207. The molecule has 38 heavy (non-hydrogen) atoms. The third-order valence-electron chi connectivity index (χ3n) is 6.01. The number of rotatable bonds is 9. The molecule has 1 atom stereocenters. The van der Waals surface area contributed by atoms with Crippen molar-refractivity contribution in [2.24, 2.45) is 0 Å². The molecule has 0 aliphatic heterocycles. The van der Waals surface area contributed by atoms with Gasteiger partial charge in [0.1, 0.15) is 41.9 Å². The second kappa shape index (κ2) is 11.6. The van der Waals surface area contributed by atoms with E-state index in [1.807, 2.05) is 37.3 Å². The fourth-order valence-corrected chi connectivity index (χ4v) is 3.74. The van der Waals surface area contributed by atoms with Crippen LogP contribution in [0.4, 0.5) is 9.18 Å². The van der Waals surface area contributed by atoms with E-state index in [4.69, 9.17) is 13.9 Å². The van der Waals surface area contributed by atoms with Gasteiger partial charge in [-0.1, -0.05) is 36.4 Å². The summed E-state index contributed by atoms with van der Waals surface area (Å²) < 4.78 is 30.7. The molecule has 196 valence electrons. The molecule has 4 rings (SSSR count). The van der Waals surface area contributed by atoms with Crippen LogP contribution in [0.25, 0.3) is 11.5 Å². The van der Waals surface area contributed by atoms with E-state index in [2.05, 4.69) is 4.98 Å². The van der Waals surface area contributed by atoms with Crippen LogP contribution in [-0.4, -0.2) is 33.6 Å². The Hall–Kier alpha value is -4.66. The number of aromatic nitrogens is 1. The van der Waals surface area contributed by atoms with Crippen molar-refractivity contribution in [1.82, 2.24) is 9.88 Å². The van der Waals surface area contributed by atoms with Crippen LogP contribution in [-0.2, 0) is 11.4 Å². The number of carbonyl (C=O) groups is 2. The molecule has 0 aliphatic carbocycles. The highest BCUT2D eigenvalue weighted by molar-refractivity contribution is 5.78. The first-order chi connectivity index (χ1) is 18.2. The Morgan fingerprint density at radius 1 is 1.03 bits per heavy atom. The topological polar surface area (TPSA) is 102 Å². The van der Waals surface area contributed by atoms with Crippen LogP contribution >= 0.6 is 0 Å². The van der Waals surface area contributed by atoms with Crippen molar-refractivity contribution in [1.29, 1.82) is 0 Å². The summed E-state index contributed by atoms with van der Waals surface area (Å²) in [5.74, 6) is -0.00679. The van der Waals surface area contributed by atoms with Gasteiger partial charge < -0.3 is 19.0 Å². The number of benzene rings is 3. The lowest BCUT2D eigenvalue weighted by molar-refractivity contribution is -0.138. The van der Waals surface area contributed by atoms with Gasteiger partial charge in [-0.3, -0.25) is 9.69 Å². The summed E-state index contributed by atoms with van der Waals surface area (Å²) >= 11 is 0. The molecule has 3 aromatic carbocycles. The first kappa shape index (κ1) is 26.4. The van der Waals surface area contributed by atoms with Gasteiger partial charge in [-0.25, -0.2) is 14.2 Å². The second-order valence-electron chi connectivity index (χ2n) is 8.72. The molecule has 0 spiro atoms. The van der Waals surface area contributed by atoms with Gasteiger partial charge in [0.15, 0.2) is 0 Å². The van der Waals surface area contributed by atoms with Crippen molar-refractivity contribution in [3.8, 4) is 23.0 Å². The van der Waals surface area contributed by atoms with Gasteiger partial charge in [-0.15, -0.1) is 0 Å². The SMILES string of the molecule is Cc1ccc(OC(=O)N(CC(=O)O)[C@@H](C)c2ccc(OCc3nc(-c4ccccc4)oc3C)cc2)cc1F. The normalized spacial score (nSPS) is 11.6. The Labute approximate surface area is 219 Å². The van der Waals surface area contributed by atoms with E-state index < -0.39 is 30.5 Å². The zero-order valence-corrected chi connectivity index (χ0v) is 21.2. The molecule has 0 fully saturated rings. The minimum atomic E-state index is -1.21. The summed E-state index contributed by atoms with van der Waals surface area (Å²) in [6.07, 6.45) is -0.904. The number of oxazole rings is 1. The minimum Gasteiger partial charge on any atom is -0.487 e. The van der Waals surface area contributed by atoms with Crippen molar-refractivity contribution in [3.05, 3.63) is 101 Å². The Bertz CT molecular complexity index is 1420. The van der Waals surface area contributed by atoms with Crippen molar-refractivity contribution in [2.75, 3.05) is 6.54 Å². The molecule has 8 nitrogen and oxygen atoms in total. The van der Waals surface area contributed by atoms with Crippen LogP contribution in [0.5, 0.6) is 11.5 Å². The molecule has 1 heterocycles. The highest BCUT2D eigenvalue weighted by Gasteiger charge is 2.26. The second-order valence-corrected chi connectivity index (χ2v) is 8.72. The number of amides is 1. The van der Waals surface area contributed by atoms with E-state index in [1.54, 1.807) is 38.1 Å². The zero-order chi connectivity index (χ0) is 27.2. The van der Waals surface area contributed by atoms with E-state index in [9.17, 15) is 19.1 Å². The van der Waals surface area contributed by atoms with Gasteiger partial charge in [0.25, 0.3) is 0 Å². The van der Waals surface area contributed by atoms with E-state index >= 15 is 0 Å². The van der Waals surface area contributed by atoms with Crippen LogP contribution in [0.3, 0.4) is 0 Å². The fourth-order valence-electron chi connectivity index (χ4n) is 3.74. The molecule has 1 aromatic heterocycles. The maximum absolute atomic E-state index is 13.9. The van der Waals surface area contributed by atoms with E-state index in [-0.39, 0.29) is 12.4 Å². The number of carboxylic acid groups (broad SMARTS) is 1. The summed E-state index contributed by atoms with van der Waals surface area (Å²) in [5, 5.41) is 9.35. The van der Waals surface area contributed by atoms with E-state index in [1.165, 1.54) is 12.1 Å². The van der Waals surface area contributed by atoms with Crippen LogP contribution < -0.4 is 9.47 Å². The first-order valence-electron chi connectivity index (χ1n) is 11.9. The van der Waals surface area contributed by atoms with E-state index in [0.717, 1.165) is 16.5 Å². The predicted octanol–water partition coefficient (Wildman–Crippen LogP) is 6.32. The van der Waals surface area contributed by atoms with Gasteiger partial charge in [-0.2, -0.15) is 0 Å². The van der Waals surface area contributed by atoms with Gasteiger partial charge >= 0.3 is 12.1 Å². The Morgan fingerprint density at radius 3 is 2.37 bits per heavy atom. The molecule has 0 radical (unpaired) electrons. The number of carboxylic acids is 1. The average Bonchev–Trinajstić information content (AvgIpc) is 3.29. The predicted molar refractivity (Wildman–Crippen MR) is 137 cm³/mol. The van der Waals surface area contributed by atoms with Gasteiger partial charge in [0.2, 0.25) is 5.89 Å². The molecule has 0 unspecified atom stereocenters. The Kier molecular flexibility index (Phi) is 8.06. The number of ether oxygens (including phenoxy) is 2. The Morgan fingerprint density at radius 2 is 1.71 bits per heavy atom. The largest absolute Gasteiger partial charge is 0.487 e. The minimum absolute atomic E-state index is 0.0111. The number of hydrogen-bond acceptors (Lipinski definition) is 6. The van der Waals surface area contributed by atoms with Crippen LogP contribution in [0.1, 0.15) is 35.5 Å². The molecule has 1 N–H and O–H groups in total. The third kappa shape index (κ3) is 6.36. The van der Waals surface area contributed by atoms with Crippen molar-refractivity contribution in [3.63, 3.8) is 0 Å². The summed E-state index contributed by atoms with van der Waals surface area (Å²) in [6, 6.07) is 19.8. The molecular weight excluding hydrogens is 491 g/mol. The van der Waals surface area contributed by atoms with Crippen LogP contribution in [0.15, 0.2) is 77.2 Å². The van der Waals surface area contributed by atoms with Crippen molar-refractivity contribution < 1.29 is 33.0 Å². The molecule has 9 heteroatoms. The summed E-state index contributed by atoms with van der Waals surface area (Å²) in [6.45, 7) is 4.69. The molecule has 0 saturated heterocycles. The maximum Gasteiger partial charge on any atom is 0.416 e. The number of carbonyl (C=O) groups excluding carboxylic acids is 1. The average molecular weight is 519 g/mol. The summed E-state index contributed by atoms with van der Waals surface area (Å²) in [4.78, 5) is 29.8.